The normalized spacial score (nSPS) is 13.8. The summed E-state index contributed by atoms with van der Waals surface area (Å²) in [6.07, 6.45) is 1.59. The van der Waals surface area contributed by atoms with Crippen molar-refractivity contribution in [2.45, 2.75) is 5.16 Å². The Morgan fingerprint density at radius 3 is 2.52 bits per heavy atom. The quantitative estimate of drug-likeness (QED) is 0.598. The van der Waals surface area contributed by atoms with Crippen molar-refractivity contribution in [3.63, 3.8) is 0 Å². The van der Waals surface area contributed by atoms with Crippen LogP contribution in [0.15, 0.2) is 66.1 Å². The number of thioether (sulfide) groups is 1. The number of benzene rings is 2. The molecule has 3 aromatic rings. The van der Waals surface area contributed by atoms with Gasteiger partial charge in [-0.05, 0) is 30.3 Å². The first-order valence-corrected chi connectivity index (χ1v) is 11.0. The van der Waals surface area contributed by atoms with Crippen molar-refractivity contribution in [1.82, 2.24) is 19.7 Å². The van der Waals surface area contributed by atoms with E-state index in [1.807, 2.05) is 30.1 Å². The molecule has 9 heteroatoms. The second-order valence-corrected chi connectivity index (χ2v) is 8.20. The van der Waals surface area contributed by atoms with Gasteiger partial charge in [-0.25, -0.2) is 0 Å². The average Bonchev–Trinajstić information content (AvgIpc) is 3.23. The van der Waals surface area contributed by atoms with Crippen molar-refractivity contribution in [3.8, 4) is 0 Å². The molecule has 4 rings (SSSR count). The maximum Gasteiger partial charge on any atom is 0.254 e. The predicted octanol–water partition coefficient (Wildman–Crippen LogP) is 2.51. The minimum Gasteiger partial charge on any atom is -0.368 e. The predicted molar refractivity (Wildman–Crippen MR) is 121 cm³/mol. The molecule has 0 radical (unpaired) electrons. The van der Waals surface area contributed by atoms with Crippen LogP contribution in [-0.2, 0) is 11.8 Å². The van der Waals surface area contributed by atoms with Gasteiger partial charge in [0.15, 0.2) is 5.16 Å². The number of amides is 2. The first-order valence-electron chi connectivity index (χ1n) is 10.1. The Morgan fingerprint density at radius 1 is 1.03 bits per heavy atom. The smallest absolute Gasteiger partial charge is 0.254 e. The lowest BCUT2D eigenvalue weighted by Gasteiger charge is -2.36. The fourth-order valence-electron chi connectivity index (χ4n) is 3.45. The third kappa shape index (κ3) is 5.24. The van der Waals surface area contributed by atoms with Gasteiger partial charge in [-0.2, -0.15) is 0 Å². The van der Waals surface area contributed by atoms with Crippen LogP contribution in [0.2, 0.25) is 0 Å². The van der Waals surface area contributed by atoms with Gasteiger partial charge >= 0.3 is 0 Å². The number of aromatic nitrogens is 3. The molecule has 1 aromatic heterocycles. The summed E-state index contributed by atoms with van der Waals surface area (Å²) in [6, 6.07) is 17.3. The number of hydrogen-bond donors (Lipinski definition) is 1. The minimum absolute atomic E-state index is 0.0164. The largest absolute Gasteiger partial charge is 0.368 e. The summed E-state index contributed by atoms with van der Waals surface area (Å²) in [7, 11) is 1.83. The molecule has 1 fully saturated rings. The average molecular weight is 437 g/mol. The molecule has 0 atom stereocenters. The zero-order chi connectivity index (χ0) is 21.6. The van der Waals surface area contributed by atoms with Crippen LogP contribution in [0.25, 0.3) is 0 Å². The molecular formula is C22H24N6O2S. The highest BCUT2D eigenvalue weighted by molar-refractivity contribution is 7.99. The first kappa shape index (κ1) is 20.9. The van der Waals surface area contributed by atoms with Crippen molar-refractivity contribution in [3.05, 3.63) is 66.5 Å². The number of carbonyl (C=O) groups excluding carboxylic acids is 2. The molecule has 1 N–H and O–H groups in total. The Labute approximate surface area is 185 Å². The highest BCUT2D eigenvalue weighted by Crippen LogP contribution is 2.19. The molecule has 1 saturated heterocycles. The van der Waals surface area contributed by atoms with Gasteiger partial charge in [-0.1, -0.05) is 36.0 Å². The number of rotatable bonds is 6. The molecule has 0 saturated carbocycles. The van der Waals surface area contributed by atoms with E-state index in [0.717, 1.165) is 13.1 Å². The molecule has 31 heavy (non-hydrogen) atoms. The van der Waals surface area contributed by atoms with Crippen LogP contribution in [0.4, 0.5) is 11.4 Å². The van der Waals surface area contributed by atoms with Gasteiger partial charge in [0.2, 0.25) is 5.91 Å². The molecular weight excluding hydrogens is 412 g/mol. The topological polar surface area (TPSA) is 83.4 Å². The highest BCUT2D eigenvalue weighted by Gasteiger charge is 2.22. The van der Waals surface area contributed by atoms with Crippen molar-refractivity contribution in [1.29, 1.82) is 0 Å². The Hall–Kier alpha value is -3.33. The van der Waals surface area contributed by atoms with Crippen molar-refractivity contribution >= 4 is 35.0 Å². The van der Waals surface area contributed by atoms with E-state index in [4.69, 9.17) is 0 Å². The molecule has 2 aromatic carbocycles. The van der Waals surface area contributed by atoms with Crippen LogP contribution < -0.4 is 10.2 Å². The zero-order valence-corrected chi connectivity index (χ0v) is 18.1. The molecule has 0 bridgehead atoms. The third-order valence-electron chi connectivity index (χ3n) is 5.08. The maximum absolute atomic E-state index is 13.0. The van der Waals surface area contributed by atoms with Crippen LogP contribution in [0, 0.1) is 0 Å². The molecule has 2 amide bonds. The number of para-hydroxylation sites is 1. The second-order valence-electron chi connectivity index (χ2n) is 7.26. The number of anilines is 2. The summed E-state index contributed by atoms with van der Waals surface area (Å²) in [5.74, 6) is 0.0398. The highest BCUT2D eigenvalue weighted by atomic mass is 32.2. The summed E-state index contributed by atoms with van der Waals surface area (Å²) in [5.41, 5.74) is 2.36. The molecule has 0 unspecified atom stereocenters. The lowest BCUT2D eigenvalue weighted by molar-refractivity contribution is -0.113. The lowest BCUT2D eigenvalue weighted by Crippen LogP contribution is -2.48. The van der Waals surface area contributed by atoms with E-state index in [0.29, 0.717) is 29.5 Å². The number of piperazine rings is 1. The van der Waals surface area contributed by atoms with Gasteiger partial charge in [0.05, 0.1) is 5.75 Å². The lowest BCUT2D eigenvalue weighted by atomic mass is 10.1. The summed E-state index contributed by atoms with van der Waals surface area (Å²) >= 11 is 1.31. The van der Waals surface area contributed by atoms with Crippen LogP contribution in [-0.4, -0.2) is 63.4 Å². The fraction of sp³-hybridized carbons (Fsp3) is 0.273. The standard InChI is InChI=1S/C22H24N6O2S/c1-26-16-23-25-22(26)31-15-20(29)24-18-7-5-6-17(14-18)21(30)28-12-10-27(11-13-28)19-8-3-2-4-9-19/h2-9,14,16H,10-13,15H2,1H3,(H,24,29). The number of hydrogen-bond acceptors (Lipinski definition) is 6. The Morgan fingerprint density at radius 2 is 1.81 bits per heavy atom. The number of carbonyl (C=O) groups is 2. The SMILES string of the molecule is Cn1cnnc1SCC(=O)Nc1cccc(C(=O)N2CCN(c3ccccc3)CC2)c1. The van der Waals surface area contributed by atoms with Crippen molar-refractivity contribution in [2.75, 3.05) is 42.1 Å². The Bertz CT molecular complexity index is 1050. The van der Waals surface area contributed by atoms with E-state index in [1.54, 1.807) is 35.2 Å². The van der Waals surface area contributed by atoms with Gasteiger partial charge in [0, 0.05) is 50.2 Å². The Balaban J connectivity index is 1.32. The van der Waals surface area contributed by atoms with E-state index in [-0.39, 0.29) is 17.6 Å². The second kappa shape index (κ2) is 9.65. The maximum atomic E-state index is 13.0. The van der Waals surface area contributed by atoms with Crippen LogP contribution in [0.1, 0.15) is 10.4 Å². The molecule has 0 aliphatic carbocycles. The monoisotopic (exact) mass is 436 g/mol. The minimum atomic E-state index is -0.158. The number of nitrogens with one attached hydrogen (secondary N) is 1. The molecule has 1 aliphatic rings. The van der Waals surface area contributed by atoms with Crippen molar-refractivity contribution in [2.24, 2.45) is 7.05 Å². The summed E-state index contributed by atoms with van der Waals surface area (Å²) in [4.78, 5) is 29.4. The van der Waals surface area contributed by atoms with Crippen LogP contribution in [0.3, 0.4) is 0 Å². The van der Waals surface area contributed by atoms with Gasteiger partial charge in [-0.3, -0.25) is 9.59 Å². The number of aryl methyl sites for hydroxylation is 1. The van der Waals surface area contributed by atoms with Gasteiger partial charge in [0.1, 0.15) is 6.33 Å². The summed E-state index contributed by atoms with van der Waals surface area (Å²) < 4.78 is 1.76. The fourth-order valence-corrected chi connectivity index (χ4v) is 4.14. The van der Waals surface area contributed by atoms with E-state index >= 15 is 0 Å². The van der Waals surface area contributed by atoms with Crippen LogP contribution in [0.5, 0.6) is 0 Å². The summed E-state index contributed by atoms with van der Waals surface area (Å²) in [5, 5.41) is 11.3. The molecule has 8 nitrogen and oxygen atoms in total. The van der Waals surface area contributed by atoms with E-state index in [1.165, 1.54) is 17.4 Å². The third-order valence-corrected chi connectivity index (χ3v) is 6.12. The Kier molecular flexibility index (Phi) is 6.51. The molecule has 1 aliphatic heterocycles. The van der Waals surface area contributed by atoms with Crippen LogP contribution >= 0.6 is 11.8 Å². The zero-order valence-electron chi connectivity index (χ0n) is 17.3. The molecule has 2 heterocycles. The van der Waals surface area contributed by atoms with E-state index in [2.05, 4.69) is 32.5 Å². The number of nitrogens with zero attached hydrogens (tertiary/aromatic N) is 5. The van der Waals surface area contributed by atoms with E-state index in [9.17, 15) is 9.59 Å². The van der Waals surface area contributed by atoms with Crippen molar-refractivity contribution < 1.29 is 9.59 Å². The van der Waals surface area contributed by atoms with E-state index < -0.39 is 0 Å². The van der Waals surface area contributed by atoms with Gasteiger partial charge in [0.25, 0.3) is 5.91 Å². The molecule has 160 valence electrons. The van der Waals surface area contributed by atoms with Gasteiger partial charge in [-0.15, -0.1) is 10.2 Å². The molecule has 0 spiro atoms. The summed E-state index contributed by atoms with van der Waals surface area (Å²) in [6.45, 7) is 2.92. The first-order chi connectivity index (χ1) is 15.1. The van der Waals surface area contributed by atoms with Gasteiger partial charge < -0.3 is 19.7 Å².